The number of nitrogens with one attached hydrogen (secondary N) is 2. The van der Waals surface area contributed by atoms with Crippen LogP contribution in [-0.2, 0) is 24.3 Å². The van der Waals surface area contributed by atoms with E-state index in [9.17, 15) is 18.0 Å². The molecule has 0 saturated carbocycles. The molecule has 0 fully saturated rings. The zero-order valence-corrected chi connectivity index (χ0v) is 11.8. The Bertz CT molecular complexity index is 668. The van der Waals surface area contributed by atoms with E-state index >= 15 is 0 Å². The Morgan fingerprint density at radius 1 is 1.45 bits per heavy atom. The van der Waals surface area contributed by atoms with Gasteiger partial charge in [0.15, 0.2) is 0 Å². The molecule has 0 aliphatic carbocycles. The van der Waals surface area contributed by atoms with Crippen LogP contribution in [0.5, 0.6) is 0 Å². The van der Waals surface area contributed by atoms with Crippen LogP contribution in [0.4, 0.5) is 5.69 Å². The van der Waals surface area contributed by atoms with Crippen molar-refractivity contribution in [3.8, 4) is 0 Å². The fourth-order valence-electron chi connectivity index (χ4n) is 1.87. The highest BCUT2D eigenvalue weighted by atomic mass is 32.2. The smallest absolute Gasteiger partial charge is 0.320 e. The van der Waals surface area contributed by atoms with Crippen molar-refractivity contribution >= 4 is 27.6 Å². The van der Waals surface area contributed by atoms with Crippen LogP contribution in [0.15, 0.2) is 23.1 Å². The first kappa shape index (κ1) is 14.5. The van der Waals surface area contributed by atoms with Gasteiger partial charge in [0.1, 0.15) is 6.54 Å². The summed E-state index contributed by atoms with van der Waals surface area (Å²) in [5, 5.41) is 2.66. The van der Waals surface area contributed by atoms with Crippen molar-refractivity contribution in [1.82, 2.24) is 4.72 Å². The van der Waals surface area contributed by atoms with Gasteiger partial charge < -0.3 is 10.1 Å². The molecule has 2 N–H and O–H groups in total. The molecule has 0 radical (unpaired) electrons. The summed E-state index contributed by atoms with van der Waals surface area (Å²) in [5.41, 5.74) is 1.23. The number of anilines is 1. The number of rotatable bonds is 4. The first-order chi connectivity index (χ1) is 9.35. The van der Waals surface area contributed by atoms with Gasteiger partial charge in [0.25, 0.3) is 0 Å². The van der Waals surface area contributed by atoms with Crippen molar-refractivity contribution in [3.63, 3.8) is 0 Å². The maximum Gasteiger partial charge on any atom is 0.320 e. The van der Waals surface area contributed by atoms with Gasteiger partial charge in [-0.15, -0.1) is 0 Å². The first-order valence-corrected chi connectivity index (χ1v) is 7.35. The summed E-state index contributed by atoms with van der Waals surface area (Å²) in [6, 6.07) is 4.33. The van der Waals surface area contributed by atoms with E-state index in [4.69, 9.17) is 0 Å². The van der Waals surface area contributed by atoms with Crippen LogP contribution in [0.25, 0.3) is 0 Å². The lowest BCUT2D eigenvalue weighted by Crippen LogP contribution is -2.30. The van der Waals surface area contributed by atoms with E-state index in [2.05, 4.69) is 14.8 Å². The predicted octanol–water partition coefficient (Wildman–Crippen LogP) is 0.193. The quantitative estimate of drug-likeness (QED) is 0.773. The number of methoxy groups -OCH3 is 1. The van der Waals surface area contributed by atoms with Crippen LogP contribution in [0.3, 0.4) is 0 Å². The summed E-state index contributed by atoms with van der Waals surface area (Å²) in [5.74, 6) is -1.25. The Morgan fingerprint density at radius 2 is 2.15 bits per heavy atom. The summed E-state index contributed by atoms with van der Waals surface area (Å²) >= 11 is 0. The van der Waals surface area contributed by atoms with Gasteiger partial charge in [0.2, 0.25) is 15.9 Å². The first-order valence-electron chi connectivity index (χ1n) is 5.86. The molecule has 1 amide bonds. The number of ether oxygens (including phenoxy) is 1. The van der Waals surface area contributed by atoms with E-state index in [0.717, 1.165) is 0 Å². The molecule has 0 bridgehead atoms. The number of fused-ring (bicyclic) bond motifs is 1. The highest BCUT2D eigenvalue weighted by Crippen LogP contribution is 2.33. The number of amides is 1. The highest BCUT2D eigenvalue weighted by molar-refractivity contribution is 7.89. The normalized spacial score (nSPS) is 17.5. The van der Waals surface area contributed by atoms with Crippen molar-refractivity contribution in [3.05, 3.63) is 23.8 Å². The number of benzene rings is 1. The van der Waals surface area contributed by atoms with Crippen LogP contribution in [0, 0.1) is 0 Å². The monoisotopic (exact) mass is 298 g/mol. The van der Waals surface area contributed by atoms with Gasteiger partial charge in [-0.3, -0.25) is 9.59 Å². The minimum Gasteiger partial charge on any atom is -0.468 e. The number of esters is 1. The van der Waals surface area contributed by atoms with Crippen LogP contribution in [0.1, 0.15) is 18.4 Å². The van der Waals surface area contributed by atoms with E-state index in [1.165, 1.54) is 25.3 Å². The molecule has 1 aliphatic heterocycles. The zero-order chi connectivity index (χ0) is 14.9. The molecule has 1 aliphatic rings. The Hall–Kier alpha value is -1.93. The van der Waals surface area contributed by atoms with Gasteiger partial charge in [-0.2, -0.15) is 4.72 Å². The second-order valence-electron chi connectivity index (χ2n) is 4.36. The Balaban J connectivity index is 2.26. The zero-order valence-electron chi connectivity index (χ0n) is 11.0. The number of carbonyl (C=O) groups is 2. The third-order valence-corrected chi connectivity index (χ3v) is 4.48. The molecule has 2 rings (SSSR count). The van der Waals surface area contributed by atoms with Crippen LogP contribution >= 0.6 is 0 Å². The van der Waals surface area contributed by atoms with Crippen molar-refractivity contribution in [2.45, 2.75) is 17.7 Å². The third kappa shape index (κ3) is 2.66. The molecule has 7 nitrogen and oxygen atoms in total. The SMILES string of the molecule is COC(=O)CNS(=O)(=O)c1ccc2c(c1)[C@H](C)C(=O)N2. The summed E-state index contributed by atoms with van der Waals surface area (Å²) < 4.78 is 30.5. The molecular formula is C12H14N2O5S. The summed E-state index contributed by atoms with van der Waals surface area (Å²) in [4.78, 5) is 22.5. The average molecular weight is 298 g/mol. The Kier molecular flexibility index (Phi) is 3.78. The molecule has 1 heterocycles. The number of sulfonamides is 1. The van der Waals surface area contributed by atoms with Crippen LogP contribution < -0.4 is 10.0 Å². The van der Waals surface area contributed by atoms with Gasteiger partial charge in [-0.1, -0.05) is 0 Å². The molecule has 20 heavy (non-hydrogen) atoms. The van der Waals surface area contributed by atoms with E-state index in [1.807, 2.05) is 0 Å². The largest absolute Gasteiger partial charge is 0.468 e. The second-order valence-corrected chi connectivity index (χ2v) is 6.13. The van der Waals surface area contributed by atoms with E-state index in [1.54, 1.807) is 6.92 Å². The topological polar surface area (TPSA) is 102 Å². The summed E-state index contributed by atoms with van der Waals surface area (Å²) in [6.07, 6.45) is 0. The van der Waals surface area contributed by atoms with Crippen LogP contribution in [-0.4, -0.2) is 33.9 Å². The van der Waals surface area contributed by atoms with E-state index < -0.39 is 28.5 Å². The lowest BCUT2D eigenvalue weighted by Gasteiger charge is -2.08. The van der Waals surface area contributed by atoms with E-state index in [-0.39, 0.29) is 10.8 Å². The number of carbonyl (C=O) groups excluding carboxylic acids is 2. The number of hydrogen-bond acceptors (Lipinski definition) is 5. The molecule has 0 unspecified atom stereocenters. The van der Waals surface area contributed by atoms with Crippen molar-refractivity contribution in [2.75, 3.05) is 19.0 Å². The molecule has 0 saturated heterocycles. The molecule has 108 valence electrons. The molecule has 1 atom stereocenters. The maximum absolute atomic E-state index is 12.0. The molecular weight excluding hydrogens is 284 g/mol. The molecule has 8 heteroatoms. The maximum atomic E-state index is 12.0. The fourth-order valence-corrected chi connectivity index (χ4v) is 2.88. The standard InChI is InChI=1S/C12H14N2O5S/c1-7-9-5-8(3-4-10(9)14-12(7)16)20(17,18)13-6-11(15)19-2/h3-5,7,13H,6H2,1-2H3,(H,14,16)/t7-/m0/s1. The fraction of sp³-hybridized carbons (Fsp3) is 0.333. The Morgan fingerprint density at radius 3 is 2.80 bits per heavy atom. The highest BCUT2D eigenvalue weighted by Gasteiger charge is 2.28. The lowest BCUT2D eigenvalue weighted by atomic mass is 10.0. The average Bonchev–Trinajstić information content (AvgIpc) is 2.71. The minimum absolute atomic E-state index is 0.00324. The summed E-state index contributed by atoms with van der Waals surface area (Å²) in [7, 11) is -2.65. The van der Waals surface area contributed by atoms with Crippen molar-refractivity contribution in [1.29, 1.82) is 0 Å². The van der Waals surface area contributed by atoms with Gasteiger partial charge >= 0.3 is 5.97 Å². The predicted molar refractivity (Wildman–Crippen MR) is 70.7 cm³/mol. The summed E-state index contributed by atoms with van der Waals surface area (Å²) in [6.45, 7) is 1.25. The Labute approximate surface area is 116 Å². The van der Waals surface area contributed by atoms with Crippen molar-refractivity contribution < 1.29 is 22.7 Å². The number of hydrogen-bond donors (Lipinski definition) is 2. The third-order valence-electron chi connectivity index (χ3n) is 3.09. The van der Waals surface area contributed by atoms with Gasteiger partial charge in [-0.25, -0.2) is 8.42 Å². The van der Waals surface area contributed by atoms with Crippen LogP contribution in [0.2, 0.25) is 0 Å². The van der Waals surface area contributed by atoms with Crippen molar-refractivity contribution in [2.24, 2.45) is 0 Å². The lowest BCUT2D eigenvalue weighted by molar-refractivity contribution is -0.139. The van der Waals surface area contributed by atoms with E-state index in [0.29, 0.717) is 11.3 Å². The van der Waals surface area contributed by atoms with Gasteiger partial charge in [0, 0.05) is 5.69 Å². The molecule has 0 spiro atoms. The van der Waals surface area contributed by atoms with Gasteiger partial charge in [0.05, 0.1) is 17.9 Å². The molecule has 0 aromatic heterocycles. The molecule has 1 aromatic rings. The second kappa shape index (κ2) is 5.22. The van der Waals surface area contributed by atoms with Gasteiger partial charge in [-0.05, 0) is 30.7 Å². The minimum atomic E-state index is -3.82. The molecule has 1 aromatic carbocycles.